The highest BCUT2D eigenvalue weighted by atomic mass is 16.7. The first-order chi connectivity index (χ1) is 6.85. The number of benzene rings is 1. The molecule has 1 aromatic carbocycles. The molecule has 4 heteroatoms. The molecule has 0 radical (unpaired) electrons. The van der Waals surface area contributed by atoms with Crippen LogP contribution in [0.2, 0.25) is 0 Å². The Morgan fingerprint density at radius 1 is 1.43 bits per heavy atom. The number of aliphatic hydroxyl groups is 1. The van der Waals surface area contributed by atoms with E-state index in [2.05, 4.69) is 0 Å². The Hall–Kier alpha value is -1.42. The fourth-order valence-electron chi connectivity index (χ4n) is 1.39. The van der Waals surface area contributed by atoms with Crippen LogP contribution in [0.4, 0.5) is 0 Å². The van der Waals surface area contributed by atoms with Gasteiger partial charge in [-0.05, 0) is 24.6 Å². The van der Waals surface area contributed by atoms with E-state index < -0.39 is 0 Å². The molecular weight excluding hydrogens is 184 g/mol. The number of hydrogen-bond donors (Lipinski definition) is 1. The first kappa shape index (κ1) is 9.15. The van der Waals surface area contributed by atoms with E-state index in [1.807, 2.05) is 6.92 Å². The lowest BCUT2D eigenvalue weighted by Crippen LogP contribution is -1.96. The summed E-state index contributed by atoms with van der Waals surface area (Å²) in [6.07, 6.45) is 0. The van der Waals surface area contributed by atoms with E-state index in [0.29, 0.717) is 23.9 Å². The minimum absolute atomic E-state index is 0.0310. The summed E-state index contributed by atoms with van der Waals surface area (Å²) < 4.78 is 15.8. The molecule has 76 valence electrons. The minimum atomic E-state index is -0.0310. The highest BCUT2D eigenvalue weighted by Crippen LogP contribution is 2.41. The summed E-state index contributed by atoms with van der Waals surface area (Å²) in [5.74, 6) is 1.90. The smallest absolute Gasteiger partial charge is 0.231 e. The van der Waals surface area contributed by atoms with Crippen LogP contribution in [-0.2, 0) is 6.61 Å². The zero-order valence-corrected chi connectivity index (χ0v) is 7.95. The molecule has 1 N–H and O–H groups in total. The van der Waals surface area contributed by atoms with E-state index in [4.69, 9.17) is 19.3 Å². The van der Waals surface area contributed by atoms with Gasteiger partial charge in [-0.2, -0.15) is 0 Å². The second-order valence-electron chi connectivity index (χ2n) is 2.92. The van der Waals surface area contributed by atoms with Crippen LogP contribution in [-0.4, -0.2) is 18.5 Å². The molecule has 0 aromatic heterocycles. The predicted molar refractivity (Wildman–Crippen MR) is 49.7 cm³/mol. The first-order valence-electron chi connectivity index (χ1n) is 4.51. The molecule has 1 aliphatic rings. The molecule has 0 bridgehead atoms. The number of ether oxygens (including phenoxy) is 3. The summed E-state index contributed by atoms with van der Waals surface area (Å²) in [5.41, 5.74) is 0.762. The van der Waals surface area contributed by atoms with Crippen LogP contribution in [0.3, 0.4) is 0 Å². The summed E-state index contributed by atoms with van der Waals surface area (Å²) >= 11 is 0. The van der Waals surface area contributed by atoms with Gasteiger partial charge in [0.25, 0.3) is 0 Å². The van der Waals surface area contributed by atoms with Crippen molar-refractivity contribution in [2.24, 2.45) is 0 Å². The lowest BCUT2D eigenvalue weighted by molar-refractivity contribution is 0.170. The average molecular weight is 196 g/mol. The van der Waals surface area contributed by atoms with Crippen molar-refractivity contribution in [3.05, 3.63) is 17.7 Å². The number of aliphatic hydroxyl groups excluding tert-OH is 1. The molecule has 0 saturated heterocycles. The largest absolute Gasteiger partial charge is 0.490 e. The quantitative estimate of drug-likeness (QED) is 0.791. The normalized spacial score (nSPS) is 13.0. The molecule has 0 fully saturated rings. The monoisotopic (exact) mass is 196 g/mol. The number of hydrogen-bond acceptors (Lipinski definition) is 4. The Morgan fingerprint density at radius 3 is 3.00 bits per heavy atom. The summed E-state index contributed by atoms with van der Waals surface area (Å²) in [4.78, 5) is 0. The molecule has 0 atom stereocenters. The minimum Gasteiger partial charge on any atom is -0.490 e. The standard InChI is InChI=1S/C10H12O4/c1-2-12-8-3-7(5-11)4-9-10(8)14-6-13-9/h3-4,11H,2,5-6H2,1H3. The molecule has 14 heavy (non-hydrogen) atoms. The van der Waals surface area contributed by atoms with Gasteiger partial charge >= 0.3 is 0 Å². The molecule has 0 spiro atoms. The Bertz CT molecular complexity index is 335. The van der Waals surface area contributed by atoms with Crippen LogP contribution in [0.25, 0.3) is 0 Å². The Kier molecular flexibility index (Phi) is 2.45. The van der Waals surface area contributed by atoms with Gasteiger partial charge < -0.3 is 19.3 Å². The molecule has 0 aliphatic carbocycles. The topological polar surface area (TPSA) is 47.9 Å². The molecular formula is C10H12O4. The van der Waals surface area contributed by atoms with Gasteiger partial charge in [0.15, 0.2) is 11.5 Å². The van der Waals surface area contributed by atoms with Crippen molar-refractivity contribution in [3.8, 4) is 17.2 Å². The molecule has 1 aromatic rings. The molecule has 2 rings (SSSR count). The lowest BCUT2D eigenvalue weighted by atomic mass is 10.2. The Morgan fingerprint density at radius 2 is 2.29 bits per heavy atom. The van der Waals surface area contributed by atoms with Gasteiger partial charge in [0.05, 0.1) is 13.2 Å². The maximum absolute atomic E-state index is 9.01. The highest BCUT2D eigenvalue weighted by molar-refractivity contribution is 5.54. The van der Waals surface area contributed by atoms with Crippen LogP contribution in [0.1, 0.15) is 12.5 Å². The van der Waals surface area contributed by atoms with E-state index in [-0.39, 0.29) is 13.4 Å². The number of rotatable bonds is 3. The van der Waals surface area contributed by atoms with Gasteiger partial charge in [-0.15, -0.1) is 0 Å². The van der Waals surface area contributed by atoms with Gasteiger partial charge in [0, 0.05) is 0 Å². The van der Waals surface area contributed by atoms with Crippen molar-refractivity contribution in [1.29, 1.82) is 0 Å². The lowest BCUT2D eigenvalue weighted by Gasteiger charge is -2.08. The van der Waals surface area contributed by atoms with Crippen molar-refractivity contribution in [3.63, 3.8) is 0 Å². The third-order valence-electron chi connectivity index (χ3n) is 1.98. The van der Waals surface area contributed by atoms with E-state index in [1.165, 1.54) is 0 Å². The maximum atomic E-state index is 9.01. The fraction of sp³-hybridized carbons (Fsp3) is 0.400. The molecule has 0 amide bonds. The van der Waals surface area contributed by atoms with Crippen LogP contribution < -0.4 is 14.2 Å². The van der Waals surface area contributed by atoms with E-state index in [0.717, 1.165) is 5.56 Å². The molecule has 0 unspecified atom stereocenters. The summed E-state index contributed by atoms with van der Waals surface area (Å²) in [6.45, 7) is 2.64. The van der Waals surface area contributed by atoms with Crippen LogP contribution in [0.5, 0.6) is 17.2 Å². The van der Waals surface area contributed by atoms with Crippen molar-refractivity contribution < 1.29 is 19.3 Å². The second kappa shape index (κ2) is 3.75. The van der Waals surface area contributed by atoms with Crippen LogP contribution >= 0.6 is 0 Å². The molecule has 1 heterocycles. The Labute approximate surface area is 82.0 Å². The average Bonchev–Trinajstić information content (AvgIpc) is 2.66. The van der Waals surface area contributed by atoms with Gasteiger partial charge in [-0.3, -0.25) is 0 Å². The van der Waals surface area contributed by atoms with Crippen LogP contribution in [0, 0.1) is 0 Å². The molecule has 0 saturated carbocycles. The third kappa shape index (κ3) is 1.48. The van der Waals surface area contributed by atoms with Gasteiger partial charge in [-0.1, -0.05) is 0 Å². The third-order valence-corrected chi connectivity index (χ3v) is 1.98. The van der Waals surface area contributed by atoms with Gasteiger partial charge in [-0.25, -0.2) is 0 Å². The molecule has 1 aliphatic heterocycles. The van der Waals surface area contributed by atoms with Crippen molar-refractivity contribution in [2.75, 3.05) is 13.4 Å². The Balaban J connectivity index is 2.41. The van der Waals surface area contributed by atoms with Crippen LogP contribution in [0.15, 0.2) is 12.1 Å². The van der Waals surface area contributed by atoms with Crippen molar-refractivity contribution >= 4 is 0 Å². The van der Waals surface area contributed by atoms with E-state index in [9.17, 15) is 0 Å². The highest BCUT2D eigenvalue weighted by Gasteiger charge is 2.19. The first-order valence-corrected chi connectivity index (χ1v) is 4.51. The van der Waals surface area contributed by atoms with Gasteiger partial charge in [0.1, 0.15) is 0 Å². The van der Waals surface area contributed by atoms with E-state index in [1.54, 1.807) is 12.1 Å². The van der Waals surface area contributed by atoms with Gasteiger partial charge in [0.2, 0.25) is 12.5 Å². The summed E-state index contributed by atoms with van der Waals surface area (Å²) in [6, 6.07) is 3.52. The van der Waals surface area contributed by atoms with Crippen molar-refractivity contribution in [2.45, 2.75) is 13.5 Å². The zero-order valence-electron chi connectivity index (χ0n) is 7.95. The summed E-state index contributed by atoms with van der Waals surface area (Å²) in [7, 11) is 0. The predicted octanol–water partition coefficient (Wildman–Crippen LogP) is 1.31. The second-order valence-corrected chi connectivity index (χ2v) is 2.92. The number of fused-ring (bicyclic) bond motifs is 1. The molecule has 4 nitrogen and oxygen atoms in total. The van der Waals surface area contributed by atoms with Crippen molar-refractivity contribution in [1.82, 2.24) is 0 Å². The zero-order chi connectivity index (χ0) is 9.97. The fourth-order valence-corrected chi connectivity index (χ4v) is 1.39. The maximum Gasteiger partial charge on any atom is 0.231 e. The summed E-state index contributed by atoms with van der Waals surface area (Å²) in [5, 5.41) is 9.01. The van der Waals surface area contributed by atoms with E-state index >= 15 is 0 Å². The SMILES string of the molecule is CCOc1cc(CO)cc2c1OCO2.